The van der Waals surface area contributed by atoms with Gasteiger partial charge in [0.15, 0.2) is 0 Å². The van der Waals surface area contributed by atoms with Crippen molar-refractivity contribution in [2.75, 3.05) is 18.4 Å². The number of nitrogens with one attached hydrogen (secondary N) is 1. The first kappa shape index (κ1) is 15.3. The van der Waals surface area contributed by atoms with Crippen LogP contribution in [-0.2, 0) is 0 Å². The van der Waals surface area contributed by atoms with Crippen molar-refractivity contribution < 1.29 is 4.79 Å². The lowest BCUT2D eigenvalue weighted by atomic mass is 9.94. The molecule has 0 saturated carbocycles. The molecule has 2 aromatic heterocycles. The van der Waals surface area contributed by atoms with Gasteiger partial charge in [0.1, 0.15) is 5.82 Å². The number of amides is 1. The van der Waals surface area contributed by atoms with E-state index >= 15 is 0 Å². The molecule has 1 saturated heterocycles. The largest absolute Gasteiger partial charge is 0.339 e. The van der Waals surface area contributed by atoms with Crippen LogP contribution in [0.4, 0.5) is 11.5 Å². The molecule has 1 aliphatic heterocycles. The van der Waals surface area contributed by atoms with Crippen LogP contribution in [-0.4, -0.2) is 38.8 Å². The lowest BCUT2D eigenvalue weighted by Gasteiger charge is -2.39. The SMILES string of the molecule is O=C(c1cccc(Nc2cnccn2)c1)N1CC(c2ccccn2)C1. The smallest absolute Gasteiger partial charge is 0.253 e. The maximum atomic E-state index is 12.7. The Morgan fingerprint density at radius 3 is 2.72 bits per heavy atom. The van der Waals surface area contributed by atoms with Crippen LogP contribution < -0.4 is 5.32 Å². The molecule has 1 aliphatic rings. The summed E-state index contributed by atoms with van der Waals surface area (Å²) in [6, 6.07) is 13.3. The fourth-order valence-corrected chi connectivity index (χ4v) is 2.87. The van der Waals surface area contributed by atoms with Gasteiger partial charge in [-0.25, -0.2) is 4.98 Å². The Bertz CT molecular complexity index is 863. The quantitative estimate of drug-likeness (QED) is 0.796. The molecule has 0 unspecified atom stereocenters. The van der Waals surface area contributed by atoms with Crippen LogP contribution in [0.2, 0.25) is 0 Å². The molecule has 0 radical (unpaired) electrons. The highest BCUT2D eigenvalue weighted by atomic mass is 16.2. The number of benzene rings is 1. The van der Waals surface area contributed by atoms with E-state index in [0.29, 0.717) is 30.4 Å². The number of aromatic nitrogens is 3. The Hall–Kier alpha value is -3.28. The number of carbonyl (C=O) groups excluding carboxylic acids is 1. The van der Waals surface area contributed by atoms with Crippen LogP contribution >= 0.6 is 0 Å². The van der Waals surface area contributed by atoms with Gasteiger partial charge in [-0.05, 0) is 30.3 Å². The number of hydrogen-bond acceptors (Lipinski definition) is 5. The van der Waals surface area contributed by atoms with E-state index in [9.17, 15) is 4.79 Å². The highest BCUT2D eigenvalue weighted by Crippen LogP contribution is 2.27. The van der Waals surface area contributed by atoms with Gasteiger partial charge in [-0.1, -0.05) is 12.1 Å². The van der Waals surface area contributed by atoms with Crippen molar-refractivity contribution in [3.05, 3.63) is 78.5 Å². The first-order valence-electron chi connectivity index (χ1n) is 8.13. The van der Waals surface area contributed by atoms with Gasteiger partial charge in [-0.15, -0.1) is 0 Å². The maximum Gasteiger partial charge on any atom is 0.253 e. The topological polar surface area (TPSA) is 71.0 Å². The Balaban J connectivity index is 1.42. The predicted octanol–water partition coefficient (Wildman–Crippen LogP) is 2.85. The average molecular weight is 331 g/mol. The zero-order chi connectivity index (χ0) is 17.1. The summed E-state index contributed by atoms with van der Waals surface area (Å²) in [5.74, 6) is 1.01. The average Bonchev–Trinajstić information content (AvgIpc) is 2.62. The first-order valence-corrected chi connectivity index (χ1v) is 8.13. The standard InChI is InChI=1S/C19H17N5O/c25-19(24-12-15(13-24)17-6-1-2-7-21-17)14-4-3-5-16(10-14)23-18-11-20-8-9-22-18/h1-11,15H,12-13H2,(H,22,23). The van der Waals surface area contributed by atoms with Crippen molar-refractivity contribution in [3.8, 4) is 0 Å². The fraction of sp³-hybridized carbons (Fsp3) is 0.158. The van der Waals surface area contributed by atoms with Crippen LogP contribution in [0.1, 0.15) is 22.0 Å². The molecule has 1 N–H and O–H groups in total. The van der Waals surface area contributed by atoms with Crippen molar-refractivity contribution in [1.82, 2.24) is 19.9 Å². The zero-order valence-electron chi connectivity index (χ0n) is 13.5. The molecule has 25 heavy (non-hydrogen) atoms. The number of hydrogen-bond donors (Lipinski definition) is 1. The number of rotatable bonds is 4. The van der Waals surface area contributed by atoms with Gasteiger partial charge in [0, 0.05) is 54.5 Å². The van der Waals surface area contributed by atoms with Gasteiger partial charge in [0.05, 0.1) is 6.20 Å². The third-order valence-electron chi connectivity index (χ3n) is 4.22. The van der Waals surface area contributed by atoms with Crippen LogP contribution in [0.15, 0.2) is 67.3 Å². The minimum absolute atomic E-state index is 0.0370. The molecule has 1 fully saturated rings. The second kappa shape index (κ2) is 6.68. The molecule has 1 aromatic carbocycles. The normalized spacial score (nSPS) is 14.0. The molecule has 3 aromatic rings. The summed E-state index contributed by atoms with van der Waals surface area (Å²) in [6.07, 6.45) is 6.67. The fourth-order valence-electron chi connectivity index (χ4n) is 2.87. The molecule has 4 rings (SSSR count). The lowest BCUT2D eigenvalue weighted by Crippen LogP contribution is -2.48. The third-order valence-corrected chi connectivity index (χ3v) is 4.22. The predicted molar refractivity (Wildman–Crippen MR) is 94.6 cm³/mol. The zero-order valence-corrected chi connectivity index (χ0v) is 13.5. The van der Waals surface area contributed by atoms with Crippen LogP contribution in [0.25, 0.3) is 0 Å². The van der Waals surface area contributed by atoms with E-state index in [2.05, 4.69) is 20.3 Å². The number of nitrogens with zero attached hydrogens (tertiary/aromatic N) is 4. The van der Waals surface area contributed by atoms with Gasteiger partial charge in [-0.3, -0.25) is 14.8 Å². The Morgan fingerprint density at radius 1 is 1.04 bits per heavy atom. The van der Waals surface area contributed by atoms with Gasteiger partial charge in [0.25, 0.3) is 5.91 Å². The molecule has 0 atom stereocenters. The van der Waals surface area contributed by atoms with E-state index < -0.39 is 0 Å². The summed E-state index contributed by atoms with van der Waals surface area (Å²) >= 11 is 0. The summed E-state index contributed by atoms with van der Waals surface area (Å²) in [6.45, 7) is 1.41. The second-order valence-corrected chi connectivity index (χ2v) is 5.96. The van der Waals surface area contributed by atoms with Crippen molar-refractivity contribution in [3.63, 3.8) is 0 Å². The Kier molecular flexibility index (Phi) is 4.08. The van der Waals surface area contributed by atoms with Crippen molar-refractivity contribution in [1.29, 1.82) is 0 Å². The molecule has 0 aliphatic carbocycles. The van der Waals surface area contributed by atoms with Gasteiger partial charge in [0.2, 0.25) is 0 Å². The Labute approximate surface area is 145 Å². The van der Waals surface area contributed by atoms with Crippen molar-refractivity contribution in [2.45, 2.75) is 5.92 Å². The number of carbonyl (C=O) groups is 1. The minimum atomic E-state index is 0.0370. The molecule has 0 bridgehead atoms. The van der Waals surface area contributed by atoms with E-state index in [1.54, 1.807) is 24.8 Å². The second-order valence-electron chi connectivity index (χ2n) is 5.96. The molecule has 124 valence electrons. The lowest BCUT2D eigenvalue weighted by molar-refractivity contribution is 0.0599. The van der Waals surface area contributed by atoms with E-state index in [1.165, 1.54) is 0 Å². The summed E-state index contributed by atoms with van der Waals surface area (Å²) in [4.78, 5) is 27.1. The van der Waals surface area contributed by atoms with Gasteiger partial charge in [-0.2, -0.15) is 0 Å². The summed E-state index contributed by atoms with van der Waals surface area (Å²) in [5.41, 5.74) is 2.52. The molecular formula is C19H17N5O. The summed E-state index contributed by atoms with van der Waals surface area (Å²) in [7, 11) is 0. The van der Waals surface area contributed by atoms with Crippen molar-refractivity contribution in [2.24, 2.45) is 0 Å². The van der Waals surface area contributed by atoms with Gasteiger partial charge >= 0.3 is 0 Å². The highest BCUT2D eigenvalue weighted by Gasteiger charge is 2.32. The first-order chi connectivity index (χ1) is 12.3. The van der Waals surface area contributed by atoms with Crippen LogP contribution in [0.3, 0.4) is 0 Å². The monoisotopic (exact) mass is 331 g/mol. The van der Waals surface area contributed by atoms with Gasteiger partial charge < -0.3 is 10.2 Å². The number of likely N-dealkylation sites (tertiary alicyclic amines) is 1. The van der Waals surface area contributed by atoms with E-state index in [1.807, 2.05) is 47.4 Å². The molecule has 6 nitrogen and oxygen atoms in total. The molecule has 1 amide bonds. The maximum absolute atomic E-state index is 12.7. The number of anilines is 2. The highest BCUT2D eigenvalue weighted by molar-refractivity contribution is 5.95. The van der Waals surface area contributed by atoms with E-state index in [0.717, 1.165) is 11.4 Å². The molecule has 3 heterocycles. The minimum Gasteiger partial charge on any atom is -0.339 e. The van der Waals surface area contributed by atoms with Crippen molar-refractivity contribution >= 4 is 17.4 Å². The molecule has 0 spiro atoms. The summed E-state index contributed by atoms with van der Waals surface area (Å²) in [5, 5.41) is 3.15. The van der Waals surface area contributed by atoms with E-state index in [4.69, 9.17) is 0 Å². The Morgan fingerprint density at radius 2 is 1.96 bits per heavy atom. The molecule has 6 heteroatoms. The van der Waals surface area contributed by atoms with E-state index in [-0.39, 0.29) is 5.91 Å². The summed E-state index contributed by atoms with van der Waals surface area (Å²) < 4.78 is 0. The number of pyridine rings is 1. The third kappa shape index (κ3) is 3.33. The van der Waals surface area contributed by atoms with Crippen LogP contribution in [0, 0.1) is 0 Å². The molecular weight excluding hydrogens is 314 g/mol. The van der Waals surface area contributed by atoms with Crippen LogP contribution in [0.5, 0.6) is 0 Å².